The summed E-state index contributed by atoms with van der Waals surface area (Å²) < 4.78 is 5.47. The Kier molecular flexibility index (Phi) is 6.66. The number of rotatable bonds is 7. The van der Waals surface area contributed by atoms with Gasteiger partial charge in [0.25, 0.3) is 0 Å². The number of nitrogens with one attached hydrogen (secondary N) is 1. The van der Waals surface area contributed by atoms with Crippen molar-refractivity contribution in [3.8, 4) is 0 Å². The molecule has 1 atom stereocenters. The predicted octanol–water partition coefficient (Wildman–Crippen LogP) is 0.583. The molecule has 1 aromatic heterocycles. The number of carbonyl (C=O) groups is 2. The van der Waals surface area contributed by atoms with E-state index in [1.807, 2.05) is 6.07 Å². The van der Waals surface area contributed by atoms with Gasteiger partial charge < -0.3 is 24.8 Å². The summed E-state index contributed by atoms with van der Waals surface area (Å²) in [6, 6.07) is 1.61. The standard InChI is InChI=1S/C21H32N6O3/c1-16(27-10-4-5-19(27)28)20(29)22-7-6-17-15-18(25-11-13-30-14-12-25)24-21(23-17)26-8-2-3-9-26/h15-16H,2-14H2,1H3,(H,22,29)/t16-/m0/s1. The smallest absolute Gasteiger partial charge is 0.242 e. The lowest BCUT2D eigenvalue weighted by Gasteiger charge is -2.29. The maximum atomic E-state index is 12.5. The van der Waals surface area contributed by atoms with Gasteiger partial charge in [-0.05, 0) is 26.2 Å². The quantitative estimate of drug-likeness (QED) is 0.695. The van der Waals surface area contributed by atoms with Gasteiger partial charge in [-0.1, -0.05) is 0 Å². The molecule has 1 aromatic rings. The molecule has 4 rings (SSSR count). The van der Waals surface area contributed by atoms with Crippen molar-refractivity contribution in [1.29, 1.82) is 0 Å². The number of ether oxygens (including phenoxy) is 1. The van der Waals surface area contributed by atoms with Crippen LogP contribution in [0.5, 0.6) is 0 Å². The average Bonchev–Trinajstić information content (AvgIpc) is 3.45. The van der Waals surface area contributed by atoms with Gasteiger partial charge in [0.2, 0.25) is 17.8 Å². The minimum absolute atomic E-state index is 0.0684. The van der Waals surface area contributed by atoms with Crippen LogP contribution in [0.15, 0.2) is 6.07 Å². The Morgan fingerprint density at radius 1 is 1.10 bits per heavy atom. The van der Waals surface area contributed by atoms with Crippen molar-refractivity contribution in [2.75, 3.05) is 62.3 Å². The van der Waals surface area contributed by atoms with Gasteiger partial charge in [-0.3, -0.25) is 9.59 Å². The molecule has 30 heavy (non-hydrogen) atoms. The molecule has 0 aromatic carbocycles. The summed E-state index contributed by atoms with van der Waals surface area (Å²) in [7, 11) is 0. The largest absolute Gasteiger partial charge is 0.378 e. The van der Waals surface area contributed by atoms with E-state index in [2.05, 4.69) is 15.1 Å². The number of carbonyl (C=O) groups excluding carboxylic acids is 2. The van der Waals surface area contributed by atoms with Gasteiger partial charge in [0.15, 0.2) is 0 Å². The maximum Gasteiger partial charge on any atom is 0.242 e. The fourth-order valence-electron chi connectivity index (χ4n) is 4.29. The molecule has 3 aliphatic heterocycles. The number of aromatic nitrogens is 2. The van der Waals surface area contributed by atoms with Crippen molar-refractivity contribution in [2.45, 2.75) is 45.1 Å². The van der Waals surface area contributed by atoms with Crippen LogP contribution in [0.3, 0.4) is 0 Å². The summed E-state index contributed by atoms with van der Waals surface area (Å²) in [5, 5.41) is 2.98. The highest BCUT2D eigenvalue weighted by Crippen LogP contribution is 2.22. The first-order valence-corrected chi connectivity index (χ1v) is 11.1. The summed E-state index contributed by atoms with van der Waals surface area (Å²) in [5.74, 6) is 1.69. The lowest BCUT2D eigenvalue weighted by molar-refractivity contribution is -0.136. The first kappa shape index (κ1) is 20.8. The number of likely N-dealkylation sites (tertiary alicyclic amines) is 1. The summed E-state index contributed by atoms with van der Waals surface area (Å²) in [4.78, 5) is 40.1. The normalized spacial score (nSPS) is 20.7. The van der Waals surface area contributed by atoms with Crippen molar-refractivity contribution >= 4 is 23.6 Å². The van der Waals surface area contributed by atoms with Gasteiger partial charge in [-0.25, -0.2) is 4.98 Å². The number of nitrogens with zero attached hydrogens (tertiary/aromatic N) is 5. The van der Waals surface area contributed by atoms with Crippen molar-refractivity contribution in [3.63, 3.8) is 0 Å². The molecule has 0 bridgehead atoms. The van der Waals surface area contributed by atoms with Crippen LogP contribution in [0, 0.1) is 0 Å². The van der Waals surface area contributed by atoms with E-state index in [0.717, 1.165) is 50.1 Å². The highest BCUT2D eigenvalue weighted by molar-refractivity contribution is 5.88. The fourth-order valence-corrected chi connectivity index (χ4v) is 4.29. The topological polar surface area (TPSA) is 90.9 Å². The van der Waals surface area contributed by atoms with Gasteiger partial charge in [0.05, 0.1) is 13.2 Å². The van der Waals surface area contributed by atoms with E-state index in [4.69, 9.17) is 14.7 Å². The SMILES string of the molecule is C[C@@H](C(=O)NCCc1cc(N2CCOCC2)nc(N2CCCC2)n1)N1CCCC1=O. The zero-order chi connectivity index (χ0) is 20.9. The van der Waals surface area contributed by atoms with Crippen molar-refractivity contribution < 1.29 is 14.3 Å². The van der Waals surface area contributed by atoms with Crippen LogP contribution in [0.1, 0.15) is 38.3 Å². The lowest BCUT2D eigenvalue weighted by Crippen LogP contribution is -2.46. The van der Waals surface area contributed by atoms with Gasteiger partial charge >= 0.3 is 0 Å². The number of amides is 2. The summed E-state index contributed by atoms with van der Waals surface area (Å²) in [6.07, 6.45) is 4.35. The van der Waals surface area contributed by atoms with Crippen LogP contribution in [-0.4, -0.2) is 85.2 Å². The molecule has 2 amide bonds. The molecule has 3 aliphatic rings. The van der Waals surface area contributed by atoms with Crippen LogP contribution in [-0.2, 0) is 20.7 Å². The highest BCUT2D eigenvalue weighted by atomic mass is 16.5. The Labute approximate surface area is 177 Å². The zero-order valence-electron chi connectivity index (χ0n) is 17.8. The van der Waals surface area contributed by atoms with Crippen LogP contribution in [0.25, 0.3) is 0 Å². The summed E-state index contributed by atoms with van der Waals surface area (Å²) in [5.41, 5.74) is 0.929. The zero-order valence-corrected chi connectivity index (χ0v) is 17.8. The van der Waals surface area contributed by atoms with Crippen molar-refractivity contribution in [3.05, 3.63) is 11.8 Å². The Morgan fingerprint density at radius 3 is 2.57 bits per heavy atom. The van der Waals surface area contributed by atoms with Crippen LogP contribution >= 0.6 is 0 Å². The average molecular weight is 417 g/mol. The summed E-state index contributed by atoms with van der Waals surface area (Å²) >= 11 is 0. The molecule has 9 nitrogen and oxygen atoms in total. The Hall–Kier alpha value is -2.42. The third-order valence-electron chi connectivity index (χ3n) is 6.12. The maximum absolute atomic E-state index is 12.5. The fraction of sp³-hybridized carbons (Fsp3) is 0.714. The van der Waals surface area contributed by atoms with Crippen LogP contribution in [0.4, 0.5) is 11.8 Å². The van der Waals surface area contributed by atoms with E-state index in [0.29, 0.717) is 39.1 Å². The molecule has 3 fully saturated rings. The minimum Gasteiger partial charge on any atom is -0.378 e. The molecular weight excluding hydrogens is 384 g/mol. The molecule has 164 valence electrons. The second kappa shape index (κ2) is 9.59. The van der Waals surface area contributed by atoms with Crippen molar-refractivity contribution in [1.82, 2.24) is 20.2 Å². The van der Waals surface area contributed by atoms with Gasteiger partial charge in [-0.15, -0.1) is 0 Å². The molecule has 3 saturated heterocycles. The molecule has 9 heteroatoms. The number of hydrogen-bond donors (Lipinski definition) is 1. The molecule has 0 unspecified atom stereocenters. The van der Waals surface area contributed by atoms with E-state index in [1.165, 1.54) is 12.8 Å². The highest BCUT2D eigenvalue weighted by Gasteiger charge is 2.29. The Morgan fingerprint density at radius 2 is 1.87 bits per heavy atom. The minimum atomic E-state index is -0.422. The molecule has 0 saturated carbocycles. The van der Waals surface area contributed by atoms with Crippen LogP contribution in [0.2, 0.25) is 0 Å². The Bertz CT molecular complexity index is 761. The predicted molar refractivity (Wildman–Crippen MR) is 114 cm³/mol. The molecule has 0 aliphatic carbocycles. The molecule has 4 heterocycles. The van der Waals surface area contributed by atoms with E-state index in [1.54, 1.807) is 11.8 Å². The van der Waals surface area contributed by atoms with Gasteiger partial charge in [0.1, 0.15) is 11.9 Å². The molecule has 1 N–H and O–H groups in total. The first-order valence-electron chi connectivity index (χ1n) is 11.1. The van der Waals surface area contributed by atoms with Gasteiger partial charge in [-0.2, -0.15) is 4.98 Å². The summed E-state index contributed by atoms with van der Waals surface area (Å²) in [6.45, 7) is 8.01. The first-order chi connectivity index (χ1) is 14.6. The van der Waals surface area contributed by atoms with E-state index < -0.39 is 6.04 Å². The number of morpholine rings is 1. The van der Waals surface area contributed by atoms with E-state index in [-0.39, 0.29) is 11.8 Å². The number of hydrogen-bond acceptors (Lipinski definition) is 7. The number of anilines is 2. The van der Waals surface area contributed by atoms with E-state index >= 15 is 0 Å². The molecule has 0 radical (unpaired) electrons. The van der Waals surface area contributed by atoms with Crippen molar-refractivity contribution in [2.24, 2.45) is 0 Å². The third-order valence-corrected chi connectivity index (χ3v) is 6.12. The second-order valence-corrected chi connectivity index (χ2v) is 8.22. The van der Waals surface area contributed by atoms with Gasteiger partial charge in [0, 0.05) is 63.9 Å². The third kappa shape index (κ3) is 4.83. The second-order valence-electron chi connectivity index (χ2n) is 8.22. The monoisotopic (exact) mass is 416 g/mol. The lowest BCUT2D eigenvalue weighted by atomic mass is 10.2. The molecular formula is C21H32N6O3. The van der Waals surface area contributed by atoms with Crippen LogP contribution < -0.4 is 15.1 Å². The Balaban J connectivity index is 1.40. The molecule has 0 spiro atoms. The van der Waals surface area contributed by atoms with E-state index in [9.17, 15) is 9.59 Å².